The lowest BCUT2D eigenvalue weighted by Crippen LogP contribution is -2.56. The molecule has 0 spiro atoms. The molecule has 2 atom stereocenters. The van der Waals surface area contributed by atoms with Crippen molar-refractivity contribution in [3.8, 4) is 0 Å². The van der Waals surface area contributed by atoms with Crippen LogP contribution in [-0.2, 0) is 9.47 Å². The average molecular weight is 412 g/mol. The second-order valence-corrected chi connectivity index (χ2v) is 9.44. The van der Waals surface area contributed by atoms with E-state index in [1.165, 1.54) is 24.3 Å². The van der Waals surface area contributed by atoms with E-state index >= 15 is 0 Å². The van der Waals surface area contributed by atoms with Crippen LogP contribution in [0.25, 0.3) is 0 Å². The Kier molecular flexibility index (Phi) is 7.38. The van der Waals surface area contributed by atoms with Crippen molar-refractivity contribution in [2.75, 3.05) is 90.3 Å². The van der Waals surface area contributed by atoms with Gasteiger partial charge in [-0.2, -0.15) is 11.8 Å². The fourth-order valence-corrected chi connectivity index (χ4v) is 6.40. The predicted octanol–water partition coefficient (Wildman–Crippen LogP) is 0.566. The van der Waals surface area contributed by atoms with Gasteiger partial charge in [-0.05, 0) is 25.5 Å². The van der Waals surface area contributed by atoms with E-state index in [2.05, 4.69) is 38.7 Å². The number of morpholine rings is 2. The molecule has 0 aromatic heterocycles. The Bertz CT molecular complexity index is 517. The third-order valence-corrected chi connectivity index (χ3v) is 7.88. The van der Waals surface area contributed by atoms with Gasteiger partial charge in [0.05, 0.1) is 38.5 Å². The van der Waals surface area contributed by atoms with Crippen LogP contribution in [0.1, 0.15) is 19.8 Å². The first-order valence-electron chi connectivity index (χ1n) is 11.1. The Labute approximate surface area is 174 Å². The Morgan fingerprint density at radius 3 is 2.54 bits per heavy atom. The van der Waals surface area contributed by atoms with Crippen molar-refractivity contribution in [1.29, 1.82) is 0 Å². The molecule has 28 heavy (non-hydrogen) atoms. The van der Waals surface area contributed by atoms with Gasteiger partial charge in [0.25, 0.3) is 0 Å². The van der Waals surface area contributed by atoms with E-state index in [0.717, 1.165) is 84.7 Å². The van der Waals surface area contributed by atoms with Gasteiger partial charge >= 0.3 is 0 Å². The number of hydrogen-bond acceptors (Lipinski definition) is 6. The molecule has 1 N–H and O–H groups in total. The number of ether oxygens (including phenoxy) is 2. The number of likely N-dealkylation sites (tertiary alicyclic amines) is 1. The molecular formula is C20H37N5O2S. The van der Waals surface area contributed by atoms with Crippen molar-refractivity contribution in [2.45, 2.75) is 31.3 Å². The predicted molar refractivity (Wildman–Crippen MR) is 115 cm³/mol. The van der Waals surface area contributed by atoms with E-state index in [1.54, 1.807) is 0 Å². The molecule has 7 nitrogen and oxygen atoms in total. The summed E-state index contributed by atoms with van der Waals surface area (Å²) in [5.41, 5.74) is 0.221. The Balaban J connectivity index is 1.41. The molecule has 4 aliphatic rings. The SMILES string of the molecule is CCNC(=NCC1(N2CCOCC2)CCSC1)N1CCC(N2CCOCC2)C1. The average Bonchev–Trinajstić information content (AvgIpc) is 3.43. The third kappa shape index (κ3) is 4.78. The van der Waals surface area contributed by atoms with Crippen molar-refractivity contribution in [3.63, 3.8) is 0 Å². The fraction of sp³-hybridized carbons (Fsp3) is 0.950. The molecule has 4 fully saturated rings. The van der Waals surface area contributed by atoms with Gasteiger partial charge in [-0.3, -0.25) is 14.8 Å². The van der Waals surface area contributed by atoms with Crippen molar-refractivity contribution < 1.29 is 9.47 Å². The summed E-state index contributed by atoms with van der Waals surface area (Å²) >= 11 is 2.09. The lowest BCUT2D eigenvalue weighted by molar-refractivity contribution is -0.0105. The first-order chi connectivity index (χ1) is 13.8. The Morgan fingerprint density at radius 1 is 1.11 bits per heavy atom. The second kappa shape index (κ2) is 9.98. The molecule has 0 radical (unpaired) electrons. The molecule has 160 valence electrons. The van der Waals surface area contributed by atoms with Crippen LogP contribution in [0.4, 0.5) is 0 Å². The molecule has 4 rings (SSSR count). The molecule has 8 heteroatoms. The smallest absolute Gasteiger partial charge is 0.194 e. The van der Waals surface area contributed by atoms with Gasteiger partial charge in [0.2, 0.25) is 0 Å². The van der Waals surface area contributed by atoms with E-state index in [9.17, 15) is 0 Å². The summed E-state index contributed by atoms with van der Waals surface area (Å²) in [6.07, 6.45) is 2.48. The lowest BCUT2D eigenvalue weighted by Gasteiger charge is -2.42. The number of guanidine groups is 1. The summed E-state index contributed by atoms with van der Waals surface area (Å²) in [6, 6.07) is 0.642. The van der Waals surface area contributed by atoms with Gasteiger partial charge in [-0.25, -0.2) is 0 Å². The minimum absolute atomic E-state index is 0.221. The van der Waals surface area contributed by atoms with Crippen LogP contribution in [0.15, 0.2) is 4.99 Å². The van der Waals surface area contributed by atoms with Crippen LogP contribution in [0.5, 0.6) is 0 Å². The van der Waals surface area contributed by atoms with E-state index < -0.39 is 0 Å². The highest BCUT2D eigenvalue weighted by molar-refractivity contribution is 7.99. The summed E-state index contributed by atoms with van der Waals surface area (Å²) in [5, 5.41) is 3.57. The van der Waals surface area contributed by atoms with Crippen LogP contribution >= 0.6 is 11.8 Å². The molecular weight excluding hydrogens is 374 g/mol. The molecule has 4 heterocycles. The van der Waals surface area contributed by atoms with Crippen molar-refractivity contribution in [3.05, 3.63) is 0 Å². The number of thioether (sulfide) groups is 1. The first kappa shape index (κ1) is 20.7. The molecule has 0 aliphatic carbocycles. The standard InChI is InChI=1S/C20H37N5O2S/c1-2-21-19(24-5-3-18(15-24)23-6-10-26-11-7-23)22-16-20(4-14-28-17-20)25-8-12-27-13-9-25/h18H,2-17H2,1H3,(H,21,22). The van der Waals surface area contributed by atoms with Crippen molar-refractivity contribution in [2.24, 2.45) is 4.99 Å². The second-order valence-electron chi connectivity index (χ2n) is 8.33. The lowest BCUT2D eigenvalue weighted by atomic mass is 9.96. The quantitative estimate of drug-likeness (QED) is 0.524. The number of nitrogens with one attached hydrogen (secondary N) is 1. The van der Waals surface area contributed by atoms with Gasteiger partial charge in [-0.15, -0.1) is 0 Å². The molecule has 0 bridgehead atoms. The number of hydrogen-bond donors (Lipinski definition) is 1. The van der Waals surface area contributed by atoms with Gasteiger partial charge in [0.15, 0.2) is 5.96 Å². The Morgan fingerprint density at radius 2 is 1.86 bits per heavy atom. The van der Waals surface area contributed by atoms with Gasteiger partial charge < -0.3 is 19.7 Å². The van der Waals surface area contributed by atoms with Crippen LogP contribution in [0.2, 0.25) is 0 Å². The molecule has 4 saturated heterocycles. The topological polar surface area (TPSA) is 52.6 Å². The first-order valence-corrected chi connectivity index (χ1v) is 12.2. The minimum Gasteiger partial charge on any atom is -0.379 e. The summed E-state index contributed by atoms with van der Waals surface area (Å²) in [4.78, 5) is 12.9. The molecule has 4 aliphatic heterocycles. The van der Waals surface area contributed by atoms with E-state index in [-0.39, 0.29) is 5.54 Å². The van der Waals surface area contributed by atoms with Crippen molar-refractivity contribution in [1.82, 2.24) is 20.0 Å². The maximum atomic E-state index is 5.60. The van der Waals surface area contributed by atoms with Crippen LogP contribution in [-0.4, -0.2) is 123 Å². The molecule has 0 saturated carbocycles. The maximum Gasteiger partial charge on any atom is 0.194 e. The normalized spacial score (nSPS) is 33.5. The van der Waals surface area contributed by atoms with E-state index in [0.29, 0.717) is 6.04 Å². The van der Waals surface area contributed by atoms with Gasteiger partial charge in [0.1, 0.15) is 0 Å². The molecule has 0 aromatic carbocycles. The zero-order chi connectivity index (χ0) is 19.2. The summed E-state index contributed by atoms with van der Waals surface area (Å²) in [6.45, 7) is 13.9. The third-order valence-electron chi connectivity index (χ3n) is 6.65. The van der Waals surface area contributed by atoms with Crippen molar-refractivity contribution >= 4 is 17.7 Å². The number of aliphatic imine (C=N–C) groups is 1. The summed E-state index contributed by atoms with van der Waals surface area (Å²) in [7, 11) is 0. The fourth-order valence-electron chi connectivity index (χ4n) is 4.93. The van der Waals surface area contributed by atoms with Gasteiger partial charge in [-0.1, -0.05) is 0 Å². The zero-order valence-electron chi connectivity index (χ0n) is 17.4. The number of rotatable bonds is 5. The number of nitrogens with zero attached hydrogens (tertiary/aromatic N) is 4. The van der Waals surface area contributed by atoms with Gasteiger partial charge in [0, 0.05) is 57.6 Å². The Hall–Kier alpha value is -0.540. The van der Waals surface area contributed by atoms with E-state index in [1.807, 2.05) is 0 Å². The zero-order valence-corrected chi connectivity index (χ0v) is 18.2. The molecule has 0 amide bonds. The minimum atomic E-state index is 0.221. The largest absolute Gasteiger partial charge is 0.379 e. The maximum absolute atomic E-state index is 5.60. The summed E-state index contributed by atoms with van der Waals surface area (Å²) in [5.74, 6) is 3.57. The highest BCUT2D eigenvalue weighted by atomic mass is 32.2. The highest BCUT2D eigenvalue weighted by Gasteiger charge is 2.41. The molecule has 2 unspecified atom stereocenters. The van der Waals surface area contributed by atoms with Crippen LogP contribution < -0.4 is 5.32 Å². The van der Waals surface area contributed by atoms with Crippen LogP contribution in [0.3, 0.4) is 0 Å². The monoisotopic (exact) mass is 411 g/mol. The molecule has 0 aromatic rings. The van der Waals surface area contributed by atoms with Crippen LogP contribution in [0, 0.1) is 0 Å². The van der Waals surface area contributed by atoms with E-state index in [4.69, 9.17) is 14.5 Å². The highest BCUT2D eigenvalue weighted by Crippen LogP contribution is 2.34. The summed E-state index contributed by atoms with van der Waals surface area (Å²) < 4.78 is 11.1.